The molecule has 1 aromatic rings. The van der Waals surface area contributed by atoms with Crippen molar-refractivity contribution in [3.63, 3.8) is 0 Å². The monoisotopic (exact) mass is 218 g/mol. The zero-order valence-electron chi connectivity index (χ0n) is 10.4. The molecular weight excluding hydrogens is 196 g/mol. The Hall–Kier alpha value is -0.820. The van der Waals surface area contributed by atoms with Crippen LogP contribution < -0.4 is 0 Å². The van der Waals surface area contributed by atoms with E-state index in [-0.39, 0.29) is 12.0 Å². The predicted octanol–water partition coefficient (Wildman–Crippen LogP) is 3.61. The Bertz CT molecular complexity index is 348. The van der Waals surface area contributed by atoms with E-state index in [0.29, 0.717) is 0 Å². The second-order valence-corrected chi connectivity index (χ2v) is 5.65. The molecule has 1 aliphatic carbocycles. The predicted molar refractivity (Wildman–Crippen MR) is 67.8 cm³/mol. The molecule has 16 heavy (non-hydrogen) atoms. The summed E-state index contributed by atoms with van der Waals surface area (Å²) >= 11 is 0. The van der Waals surface area contributed by atoms with E-state index in [1.54, 1.807) is 0 Å². The molecule has 0 spiro atoms. The standard InChI is InChI=1S/C15H22O/c1-15(2,11-16)14-9-5-8-13(10-14)12-6-3-4-7-12/h5,8-10,12,16H,3-4,6-7,11H2,1-2H3. The van der Waals surface area contributed by atoms with Gasteiger partial charge in [0.2, 0.25) is 0 Å². The normalized spacial score (nSPS) is 17.9. The van der Waals surface area contributed by atoms with Crippen molar-refractivity contribution >= 4 is 0 Å². The van der Waals surface area contributed by atoms with Crippen molar-refractivity contribution in [2.24, 2.45) is 0 Å². The van der Waals surface area contributed by atoms with Crippen LogP contribution in [0.4, 0.5) is 0 Å². The average Bonchev–Trinajstić information content (AvgIpc) is 2.83. The van der Waals surface area contributed by atoms with Gasteiger partial charge < -0.3 is 5.11 Å². The summed E-state index contributed by atoms with van der Waals surface area (Å²) in [5.74, 6) is 0.759. The molecule has 0 saturated heterocycles. The molecular formula is C15H22O. The van der Waals surface area contributed by atoms with Gasteiger partial charge in [-0.05, 0) is 29.9 Å². The number of rotatable bonds is 3. The summed E-state index contributed by atoms with van der Waals surface area (Å²) < 4.78 is 0. The van der Waals surface area contributed by atoms with Crippen molar-refractivity contribution in [1.82, 2.24) is 0 Å². The van der Waals surface area contributed by atoms with Gasteiger partial charge in [0.05, 0.1) is 6.61 Å². The fourth-order valence-corrected chi connectivity index (χ4v) is 2.56. The lowest BCUT2D eigenvalue weighted by molar-refractivity contribution is 0.218. The van der Waals surface area contributed by atoms with Crippen molar-refractivity contribution < 1.29 is 5.11 Å². The molecule has 1 N–H and O–H groups in total. The van der Waals surface area contributed by atoms with E-state index in [9.17, 15) is 5.11 Å². The van der Waals surface area contributed by atoms with Gasteiger partial charge in [-0.1, -0.05) is 51.0 Å². The van der Waals surface area contributed by atoms with Gasteiger partial charge in [0, 0.05) is 5.41 Å². The van der Waals surface area contributed by atoms with Crippen LogP contribution in [0, 0.1) is 0 Å². The molecule has 0 bridgehead atoms. The highest BCUT2D eigenvalue weighted by Gasteiger charge is 2.22. The van der Waals surface area contributed by atoms with Gasteiger partial charge in [0.15, 0.2) is 0 Å². The summed E-state index contributed by atoms with van der Waals surface area (Å²) in [5, 5.41) is 9.40. The van der Waals surface area contributed by atoms with Crippen molar-refractivity contribution in [3.05, 3.63) is 35.4 Å². The van der Waals surface area contributed by atoms with Gasteiger partial charge in [-0.15, -0.1) is 0 Å². The van der Waals surface area contributed by atoms with Crippen molar-refractivity contribution in [2.45, 2.75) is 50.9 Å². The van der Waals surface area contributed by atoms with E-state index in [4.69, 9.17) is 0 Å². The lowest BCUT2D eigenvalue weighted by Gasteiger charge is -2.23. The lowest BCUT2D eigenvalue weighted by Crippen LogP contribution is -2.22. The largest absolute Gasteiger partial charge is 0.395 e. The highest BCUT2D eigenvalue weighted by Crippen LogP contribution is 2.35. The lowest BCUT2D eigenvalue weighted by atomic mass is 9.83. The van der Waals surface area contributed by atoms with E-state index < -0.39 is 0 Å². The minimum atomic E-state index is -0.116. The zero-order valence-corrected chi connectivity index (χ0v) is 10.4. The summed E-state index contributed by atoms with van der Waals surface area (Å²) in [4.78, 5) is 0. The smallest absolute Gasteiger partial charge is 0.0522 e. The van der Waals surface area contributed by atoms with Crippen molar-refractivity contribution in [2.75, 3.05) is 6.61 Å². The van der Waals surface area contributed by atoms with Gasteiger partial charge in [0.1, 0.15) is 0 Å². The molecule has 0 heterocycles. The number of benzene rings is 1. The molecule has 0 radical (unpaired) electrons. The van der Waals surface area contributed by atoms with Crippen molar-refractivity contribution in [3.8, 4) is 0 Å². The van der Waals surface area contributed by atoms with Crippen LogP contribution in [-0.2, 0) is 5.41 Å². The molecule has 1 aliphatic rings. The molecule has 0 atom stereocenters. The van der Waals surface area contributed by atoms with E-state index >= 15 is 0 Å². The summed E-state index contributed by atoms with van der Waals surface area (Å²) in [6.45, 7) is 4.41. The molecule has 88 valence electrons. The van der Waals surface area contributed by atoms with Gasteiger partial charge in [-0.2, -0.15) is 0 Å². The Morgan fingerprint density at radius 1 is 1.25 bits per heavy atom. The van der Waals surface area contributed by atoms with Gasteiger partial charge in [0.25, 0.3) is 0 Å². The Labute approximate surface area is 98.5 Å². The maximum atomic E-state index is 9.40. The number of aliphatic hydroxyl groups excluding tert-OH is 1. The average molecular weight is 218 g/mol. The van der Waals surface area contributed by atoms with E-state index in [2.05, 4.69) is 38.1 Å². The van der Waals surface area contributed by atoms with E-state index in [1.807, 2.05) is 0 Å². The zero-order chi connectivity index (χ0) is 11.6. The first-order valence-electron chi connectivity index (χ1n) is 6.35. The van der Waals surface area contributed by atoms with E-state index in [0.717, 1.165) is 5.92 Å². The fourth-order valence-electron chi connectivity index (χ4n) is 2.56. The molecule has 0 aromatic heterocycles. The summed E-state index contributed by atoms with van der Waals surface area (Å²) in [6.07, 6.45) is 5.42. The summed E-state index contributed by atoms with van der Waals surface area (Å²) in [7, 11) is 0. The third kappa shape index (κ3) is 2.30. The van der Waals surface area contributed by atoms with Gasteiger partial charge >= 0.3 is 0 Å². The first-order valence-corrected chi connectivity index (χ1v) is 6.35. The molecule has 0 unspecified atom stereocenters. The second-order valence-electron chi connectivity index (χ2n) is 5.65. The third-order valence-corrected chi connectivity index (χ3v) is 3.89. The molecule has 2 rings (SSSR count). The first kappa shape index (κ1) is 11.7. The van der Waals surface area contributed by atoms with Crippen molar-refractivity contribution in [1.29, 1.82) is 0 Å². The van der Waals surface area contributed by atoms with Crippen LogP contribution in [0.5, 0.6) is 0 Å². The SMILES string of the molecule is CC(C)(CO)c1cccc(C2CCCC2)c1. The quantitative estimate of drug-likeness (QED) is 0.821. The van der Waals surface area contributed by atoms with Crippen LogP contribution in [-0.4, -0.2) is 11.7 Å². The number of hydrogen-bond donors (Lipinski definition) is 1. The molecule has 0 amide bonds. The highest BCUT2D eigenvalue weighted by atomic mass is 16.3. The molecule has 1 heteroatoms. The second kappa shape index (κ2) is 4.58. The Morgan fingerprint density at radius 2 is 1.94 bits per heavy atom. The molecule has 1 nitrogen and oxygen atoms in total. The maximum Gasteiger partial charge on any atom is 0.0522 e. The van der Waals surface area contributed by atoms with Crippen LogP contribution in [0.25, 0.3) is 0 Å². The molecule has 0 aliphatic heterocycles. The van der Waals surface area contributed by atoms with Crippen LogP contribution in [0.1, 0.15) is 56.6 Å². The van der Waals surface area contributed by atoms with Gasteiger partial charge in [-0.25, -0.2) is 0 Å². The molecule has 1 fully saturated rings. The summed E-state index contributed by atoms with van der Waals surface area (Å²) in [5.41, 5.74) is 2.62. The number of aliphatic hydroxyl groups is 1. The minimum Gasteiger partial charge on any atom is -0.395 e. The van der Waals surface area contributed by atoms with Crippen LogP contribution >= 0.6 is 0 Å². The Kier molecular flexibility index (Phi) is 3.34. The Balaban J connectivity index is 2.25. The highest BCUT2D eigenvalue weighted by molar-refractivity contribution is 5.31. The topological polar surface area (TPSA) is 20.2 Å². The van der Waals surface area contributed by atoms with Crippen LogP contribution in [0.3, 0.4) is 0 Å². The number of hydrogen-bond acceptors (Lipinski definition) is 1. The Morgan fingerprint density at radius 3 is 2.56 bits per heavy atom. The van der Waals surface area contributed by atoms with E-state index in [1.165, 1.54) is 36.8 Å². The minimum absolute atomic E-state index is 0.116. The molecule has 1 saturated carbocycles. The fraction of sp³-hybridized carbons (Fsp3) is 0.600. The van der Waals surface area contributed by atoms with Crippen LogP contribution in [0.15, 0.2) is 24.3 Å². The summed E-state index contributed by atoms with van der Waals surface area (Å²) in [6, 6.07) is 8.81. The maximum absolute atomic E-state index is 9.40. The van der Waals surface area contributed by atoms with Gasteiger partial charge in [-0.3, -0.25) is 0 Å². The third-order valence-electron chi connectivity index (χ3n) is 3.89. The van der Waals surface area contributed by atoms with Crippen LogP contribution in [0.2, 0.25) is 0 Å². The first-order chi connectivity index (χ1) is 7.63. The molecule has 1 aromatic carbocycles.